The number of nitrogens with zero attached hydrogens (tertiary/aromatic N) is 2. The summed E-state index contributed by atoms with van der Waals surface area (Å²) < 4.78 is 36.6. The monoisotopic (exact) mass is 267 g/mol. The number of nitrogens with one attached hydrogen (secondary N) is 1. The van der Waals surface area contributed by atoms with Gasteiger partial charge in [-0.2, -0.15) is 13.2 Å². The van der Waals surface area contributed by atoms with E-state index in [1.807, 2.05) is 0 Å². The number of piperazine rings is 1. The Bertz CT molecular complexity index is 225. The van der Waals surface area contributed by atoms with Crippen molar-refractivity contribution in [3.8, 4) is 0 Å². The van der Waals surface area contributed by atoms with Crippen LogP contribution < -0.4 is 5.32 Å². The smallest absolute Gasteiger partial charge is 0.314 e. The Morgan fingerprint density at radius 1 is 1.11 bits per heavy atom. The van der Waals surface area contributed by atoms with Gasteiger partial charge in [-0.25, -0.2) is 0 Å². The predicted octanol–water partition coefficient (Wildman–Crippen LogP) is 1.55. The first-order chi connectivity index (χ1) is 8.40. The van der Waals surface area contributed by atoms with Crippen LogP contribution in [0.1, 0.15) is 20.3 Å². The van der Waals surface area contributed by atoms with E-state index in [-0.39, 0.29) is 0 Å². The van der Waals surface area contributed by atoms with Crippen LogP contribution in [0.25, 0.3) is 0 Å². The first kappa shape index (κ1) is 15.7. The molecule has 1 N–H and O–H groups in total. The van der Waals surface area contributed by atoms with Gasteiger partial charge in [0.05, 0.1) is 6.54 Å². The number of rotatable bonds is 6. The second kappa shape index (κ2) is 7.31. The summed E-state index contributed by atoms with van der Waals surface area (Å²) in [6, 6.07) is 0.475. The number of alkyl halides is 3. The van der Waals surface area contributed by atoms with Gasteiger partial charge >= 0.3 is 6.18 Å². The highest BCUT2D eigenvalue weighted by Gasteiger charge is 2.31. The second-order valence-corrected chi connectivity index (χ2v) is 4.98. The maximum absolute atomic E-state index is 12.2. The molecule has 1 aliphatic rings. The molecule has 1 aliphatic heterocycles. The molecule has 0 radical (unpaired) electrons. The third-order valence-corrected chi connectivity index (χ3v) is 3.30. The minimum atomic E-state index is -4.07. The van der Waals surface area contributed by atoms with E-state index in [2.05, 4.69) is 24.1 Å². The molecule has 1 atom stereocenters. The lowest BCUT2D eigenvalue weighted by Gasteiger charge is -2.35. The van der Waals surface area contributed by atoms with Crippen molar-refractivity contribution in [1.82, 2.24) is 15.1 Å². The normalized spacial score (nSPS) is 21.2. The van der Waals surface area contributed by atoms with E-state index in [0.29, 0.717) is 19.1 Å². The van der Waals surface area contributed by atoms with Crippen molar-refractivity contribution in [3.05, 3.63) is 0 Å². The molecule has 1 heterocycles. The standard InChI is InChI=1S/C12H24F3N3/c1-3-16-11(2)4-5-17-6-8-18(9-7-17)10-12(13,14)15/h11,16H,3-10H2,1-2H3. The molecule has 0 aliphatic carbocycles. The average molecular weight is 267 g/mol. The average Bonchev–Trinajstić information content (AvgIpc) is 2.26. The van der Waals surface area contributed by atoms with Crippen LogP contribution in [0.3, 0.4) is 0 Å². The summed E-state index contributed by atoms with van der Waals surface area (Å²) in [7, 11) is 0. The van der Waals surface area contributed by atoms with E-state index in [1.165, 1.54) is 4.90 Å². The molecule has 6 heteroatoms. The molecular formula is C12H24F3N3. The van der Waals surface area contributed by atoms with Gasteiger partial charge in [0.25, 0.3) is 0 Å². The Morgan fingerprint density at radius 3 is 2.17 bits per heavy atom. The molecule has 0 bridgehead atoms. The van der Waals surface area contributed by atoms with Crippen molar-refractivity contribution < 1.29 is 13.2 Å². The summed E-state index contributed by atoms with van der Waals surface area (Å²) >= 11 is 0. The van der Waals surface area contributed by atoms with Crippen LogP contribution in [0.4, 0.5) is 13.2 Å². The Labute approximate surface area is 107 Å². The summed E-state index contributed by atoms with van der Waals surface area (Å²) in [4.78, 5) is 3.74. The third-order valence-electron chi connectivity index (χ3n) is 3.30. The maximum Gasteiger partial charge on any atom is 0.401 e. The number of halogens is 3. The van der Waals surface area contributed by atoms with E-state index >= 15 is 0 Å². The van der Waals surface area contributed by atoms with E-state index in [1.54, 1.807) is 0 Å². The molecule has 0 spiro atoms. The molecule has 0 aromatic heterocycles. The quantitative estimate of drug-likeness (QED) is 0.788. The molecule has 3 nitrogen and oxygen atoms in total. The molecule has 1 fully saturated rings. The zero-order valence-electron chi connectivity index (χ0n) is 11.3. The minimum Gasteiger partial charge on any atom is -0.314 e. The van der Waals surface area contributed by atoms with Crippen molar-refractivity contribution in [1.29, 1.82) is 0 Å². The topological polar surface area (TPSA) is 18.5 Å². The van der Waals surface area contributed by atoms with Crippen molar-refractivity contribution in [3.63, 3.8) is 0 Å². The van der Waals surface area contributed by atoms with Crippen molar-refractivity contribution >= 4 is 0 Å². The van der Waals surface area contributed by atoms with Crippen LogP contribution >= 0.6 is 0 Å². The zero-order valence-corrected chi connectivity index (χ0v) is 11.3. The fourth-order valence-electron chi connectivity index (χ4n) is 2.25. The third kappa shape index (κ3) is 6.56. The van der Waals surface area contributed by atoms with Crippen LogP contribution in [-0.4, -0.2) is 67.8 Å². The number of hydrogen-bond donors (Lipinski definition) is 1. The molecular weight excluding hydrogens is 243 g/mol. The van der Waals surface area contributed by atoms with E-state index in [0.717, 1.165) is 32.6 Å². The van der Waals surface area contributed by atoms with Gasteiger partial charge in [0, 0.05) is 32.2 Å². The van der Waals surface area contributed by atoms with E-state index < -0.39 is 12.7 Å². The minimum absolute atomic E-state index is 0.475. The molecule has 0 saturated carbocycles. The van der Waals surface area contributed by atoms with E-state index in [4.69, 9.17) is 0 Å². The lowest BCUT2D eigenvalue weighted by molar-refractivity contribution is -0.149. The molecule has 1 saturated heterocycles. The SMILES string of the molecule is CCNC(C)CCN1CCN(CC(F)(F)F)CC1. The Balaban J connectivity index is 2.15. The van der Waals surface area contributed by atoms with Gasteiger partial charge < -0.3 is 10.2 Å². The maximum atomic E-state index is 12.2. The summed E-state index contributed by atoms with van der Waals surface area (Å²) in [5, 5.41) is 3.34. The molecule has 1 unspecified atom stereocenters. The van der Waals surface area contributed by atoms with Crippen molar-refractivity contribution in [2.45, 2.75) is 32.5 Å². The van der Waals surface area contributed by atoms with Crippen LogP contribution in [0, 0.1) is 0 Å². The van der Waals surface area contributed by atoms with Crippen LogP contribution in [0.2, 0.25) is 0 Å². The summed E-state index contributed by atoms with van der Waals surface area (Å²) in [6.45, 7) is 7.91. The molecule has 0 aromatic rings. The lowest BCUT2D eigenvalue weighted by Crippen LogP contribution is -2.49. The Hall–Kier alpha value is -0.330. The van der Waals surface area contributed by atoms with Gasteiger partial charge in [-0.1, -0.05) is 6.92 Å². The van der Waals surface area contributed by atoms with Crippen LogP contribution in [0.5, 0.6) is 0 Å². The van der Waals surface area contributed by atoms with Gasteiger partial charge in [0.2, 0.25) is 0 Å². The van der Waals surface area contributed by atoms with Crippen molar-refractivity contribution in [2.75, 3.05) is 45.8 Å². The number of hydrogen-bond acceptors (Lipinski definition) is 3. The van der Waals surface area contributed by atoms with Crippen molar-refractivity contribution in [2.24, 2.45) is 0 Å². The predicted molar refractivity (Wildman–Crippen MR) is 66.7 cm³/mol. The zero-order chi connectivity index (χ0) is 13.6. The summed E-state index contributed by atoms with van der Waals surface area (Å²) in [5.74, 6) is 0. The van der Waals surface area contributed by atoms with E-state index in [9.17, 15) is 13.2 Å². The highest BCUT2D eigenvalue weighted by atomic mass is 19.4. The Kier molecular flexibility index (Phi) is 6.38. The van der Waals surface area contributed by atoms with Gasteiger partial charge in [0.1, 0.15) is 0 Å². The van der Waals surface area contributed by atoms with Gasteiger partial charge in [-0.15, -0.1) is 0 Å². The first-order valence-corrected chi connectivity index (χ1v) is 6.65. The molecule has 0 aromatic carbocycles. The summed E-state index contributed by atoms with van der Waals surface area (Å²) in [5.41, 5.74) is 0. The highest BCUT2D eigenvalue weighted by molar-refractivity contribution is 4.75. The fourth-order valence-corrected chi connectivity index (χ4v) is 2.25. The van der Waals surface area contributed by atoms with Gasteiger partial charge in [0.15, 0.2) is 0 Å². The fraction of sp³-hybridized carbons (Fsp3) is 1.00. The second-order valence-electron chi connectivity index (χ2n) is 4.98. The highest BCUT2D eigenvalue weighted by Crippen LogP contribution is 2.17. The molecule has 108 valence electrons. The lowest BCUT2D eigenvalue weighted by atomic mass is 10.2. The molecule has 0 amide bonds. The molecule has 1 rings (SSSR count). The molecule has 18 heavy (non-hydrogen) atoms. The van der Waals surface area contributed by atoms with Gasteiger partial charge in [-0.05, 0) is 26.4 Å². The Morgan fingerprint density at radius 2 is 1.67 bits per heavy atom. The first-order valence-electron chi connectivity index (χ1n) is 6.65. The van der Waals surface area contributed by atoms with Gasteiger partial charge in [-0.3, -0.25) is 4.90 Å². The summed E-state index contributed by atoms with van der Waals surface area (Å²) in [6.07, 6.45) is -3.02. The van der Waals surface area contributed by atoms with Crippen LogP contribution in [-0.2, 0) is 0 Å². The largest absolute Gasteiger partial charge is 0.401 e. The van der Waals surface area contributed by atoms with Crippen LogP contribution in [0.15, 0.2) is 0 Å².